The van der Waals surface area contributed by atoms with Gasteiger partial charge in [0.1, 0.15) is 5.75 Å². The van der Waals surface area contributed by atoms with E-state index in [2.05, 4.69) is 0 Å². The van der Waals surface area contributed by atoms with Crippen LogP contribution < -0.4 is 10.5 Å². The molecule has 1 amide bonds. The molecule has 0 aromatic heterocycles. The van der Waals surface area contributed by atoms with Crippen LogP contribution in [0.4, 0.5) is 0 Å². The van der Waals surface area contributed by atoms with Crippen molar-refractivity contribution < 1.29 is 9.53 Å². The molecule has 1 saturated heterocycles. The summed E-state index contributed by atoms with van der Waals surface area (Å²) in [6.07, 6.45) is 0.390. The molecule has 1 aliphatic heterocycles. The molecule has 0 spiro atoms. The standard InChI is InChI=1S/C15H21N3O2S/c1-12-2-4-13(5-3-12)20-11-6-14(19)17-7-9-18(10-8-17)15(16)21/h2-5H,6-11H2,1H3,(H2,16,21). The lowest BCUT2D eigenvalue weighted by atomic mass is 10.2. The highest BCUT2D eigenvalue weighted by molar-refractivity contribution is 7.80. The molecular formula is C15H21N3O2S. The van der Waals surface area contributed by atoms with Gasteiger partial charge in [-0.25, -0.2) is 0 Å². The Balaban J connectivity index is 1.70. The predicted octanol–water partition coefficient (Wildman–Crippen LogP) is 1.15. The van der Waals surface area contributed by atoms with Crippen LogP contribution >= 0.6 is 12.2 Å². The Labute approximate surface area is 130 Å². The van der Waals surface area contributed by atoms with Gasteiger partial charge in [-0.05, 0) is 31.3 Å². The summed E-state index contributed by atoms with van der Waals surface area (Å²) < 4.78 is 5.58. The molecule has 2 N–H and O–H groups in total. The lowest BCUT2D eigenvalue weighted by molar-refractivity contribution is -0.132. The minimum atomic E-state index is 0.115. The highest BCUT2D eigenvalue weighted by atomic mass is 32.1. The van der Waals surface area contributed by atoms with Crippen LogP contribution in [-0.2, 0) is 4.79 Å². The van der Waals surface area contributed by atoms with Crippen LogP contribution in [0.3, 0.4) is 0 Å². The van der Waals surface area contributed by atoms with Crippen molar-refractivity contribution in [3.05, 3.63) is 29.8 Å². The van der Waals surface area contributed by atoms with E-state index in [1.54, 1.807) is 0 Å². The molecule has 6 heteroatoms. The number of amides is 1. The Morgan fingerprint density at radius 1 is 1.19 bits per heavy atom. The molecule has 0 bridgehead atoms. The molecular weight excluding hydrogens is 286 g/mol. The topological polar surface area (TPSA) is 58.8 Å². The average molecular weight is 307 g/mol. The first-order valence-corrected chi connectivity index (χ1v) is 7.49. The zero-order chi connectivity index (χ0) is 15.2. The van der Waals surface area contributed by atoms with Crippen LogP contribution in [0.5, 0.6) is 5.75 Å². The number of rotatable bonds is 4. The zero-order valence-electron chi connectivity index (χ0n) is 12.2. The third kappa shape index (κ3) is 4.60. The Kier molecular flexibility index (Phi) is 5.38. The molecule has 5 nitrogen and oxygen atoms in total. The van der Waals surface area contributed by atoms with E-state index < -0.39 is 0 Å². The molecule has 0 unspecified atom stereocenters. The molecule has 2 rings (SSSR count). The lowest BCUT2D eigenvalue weighted by Crippen LogP contribution is -2.52. The number of aryl methyl sites for hydroxylation is 1. The predicted molar refractivity (Wildman–Crippen MR) is 86.2 cm³/mol. The number of nitrogens with two attached hydrogens (primary N) is 1. The van der Waals surface area contributed by atoms with Crippen LogP contribution in [0.2, 0.25) is 0 Å². The Hall–Kier alpha value is -1.82. The number of benzene rings is 1. The maximum atomic E-state index is 12.1. The van der Waals surface area contributed by atoms with Gasteiger partial charge in [0.2, 0.25) is 5.91 Å². The van der Waals surface area contributed by atoms with Gasteiger partial charge in [0, 0.05) is 26.2 Å². The van der Waals surface area contributed by atoms with E-state index in [1.807, 2.05) is 41.0 Å². The van der Waals surface area contributed by atoms with E-state index >= 15 is 0 Å². The Morgan fingerprint density at radius 2 is 1.76 bits per heavy atom. The van der Waals surface area contributed by atoms with Gasteiger partial charge >= 0.3 is 0 Å². The van der Waals surface area contributed by atoms with Crippen molar-refractivity contribution in [2.45, 2.75) is 13.3 Å². The number of carbonyl (C=O) groups is 1. The summed E-state index contributed by atoms with van der Waals surface area (Å²) in [5.74, 6) is 0.913. The van der Waals surface area contributed by atoms with Crippen molar-refractivity contribution in [2.24, 2.45) is 5.73 Å². The van der Waals surface area contributed by atoms with Gasteiger partial charge in [-0.3, -0.25) is 4.79 Å². The summed E-state index contributed by atoms with van der Waals surface area (Å²) in [6.45, 7) is 5.18. The first-order valence-electron chi connectivity index (χ1n) is 7.08. The maximum absolute atomic E-state index is 12.1. The molecule has 0 aliphatic carbocycles. The molecule has 1 aromatic carbocycles. The molecule has 114 valence electrons. The van der Waals surface area contributed by atoms with Crippen molar-refractivity contribution >= 4 is 23.2 Å². The molecule has 1 fully saturated rings. The number of hydrogen-bond donors (Lipinski definition) is 1. The summed E-state index contributed by atoms with van der Waals surface area (Å²) in [5, 5.41) is 0.407. The number of nitrogens with zero attached hydrogens (tertiary/aromatic N) is 2. The monoisotopic (exact) mass is 307 g/mol. The molecule has 1 aromatic rings. The first kappa shape index (κ1) is 15.6. The van der Waals surface area contributed by atoms with Crippen LogP contribution in [0.15, 0.2) is 24.3 Å². The summed E-state index contributed by atoms with van der Waals surface area (Å²) >= 11 is 4.93. The largest absolute Gasteiger partial charge is 0.493 e. The lowest BCUT2D eigenvalue weighted by Gasteiger charge is -2.35. The second-order valence-corrected chi connectivity index (χ2v) is 5.54. The summed E-state index contributed by atoms with van der Waals surface area (Å²) in [7, 11) is 0. The van der Waals surface area contributed by atoms with E-state index in [9.17, 15) is 4.79 Å². The van der Waals surface area contributed by atoms with E-state index in [1.165, 1.54) is 5.56 Å². The molecule has 0 atom stereocenters. The summed E-state index contributed by atoms with van der Waals surface area (Å²) in [6, 6.07) is 7.82. The normalized spacial score (nSPS) is 14.9. The quantitative estimate of drug-likeness (QED) is 0.846. The van der Waals surface area contributed by atoms with Crippen LogP contribution in [0, 0.1) is 6.92 Å². The van der Waals surface area contributed by atoms with Gasteiger partial charge in [0.25, 0.3) is 0 Å². The summed E-state index contributed by atoms with van der Waals surface area (Å²) in [5.41, 5.74) is 6.77. The van der Waals surface area contributed by atoms with Gasteiger partial charge in [-0.1, -0.05) is 17.7 Å². The molecule has 21 heavy (non-hydrogen) atoms. The smallest absolute Gasteiger partial charge is 0.226 e. The second-order valence-electron chi connectivity index (χ2n) is 5.12. The van der Waals surface area contributed by atoms with Gasteiger partial charge in [0.05, 0.1) is 13.0 Å². The van der Waals surface area contributed by atoms with E-state index in [0.29, 0.717) is 44.3 Å². The minimum absolute atomic E-state index is 0.115. The number of piperazine rings is 1. The number of carbonyl (C=O) groups excluding carboxylic acids is 1. The Morgan fingerprint density at radius 3 is 2.33 bits per heavy atom. The number of ether oxygens (including phenoxy) is 1. The van der Waals surface area contributed by atoms with Crippen LogP contribution in [0.1, 0.15) is 12.0 Å². The fourth-order valence-electron chi connectivity index (χ4n) is 2.23. The maximum Gasteiger partial charge on any atom is 0.226 e. The molecule has 1 heterocycles. The average Bonchev–Trinajstić information content (AvgIpc) is 2.49. The SMILES string of the molecule is Cc1ccc(OCCC(=O)N2CCN(C(N)=S)CC2)cc1. The molecule has 1 aliphatic rings. The third-order valence-electron chi connectivity index (χ3n) is 3.55. The first-order chi connectivity index (χ1) is 10.1. The van der Waals surface area contributed by atoms with Crippen LogP contribution in [0.25, 0.3) is 0 Å². The van der Waals surface area contributed by atoms with Gasteiger partial charge in [0.15, 0.2) is 5.11 Å². The van der Waals surface area contributed by atoms with Crippen molar-refractivity contribution in [3.8, 4) is 5.75 Å². The molecule has 0 radical (unpaired) electrons. The van der Waals surface area contributed by atoms with Crippen LogP contribution in [-0.4, -0.2) is 53.6 Å². The molecule has 0 saturated carbocycles. The Bertz CT molecular complexity index is 496. The van der Waals surface area contributed by atoms with E-state index in [0.717, 1.165) is 5.75 Å². The van der Waals surface area contributed by atoms with Crippen molar-refractivity contribution in [1.82, 2.24) is 9.80 Å². The van der Waals surface area contributed by atoms with Crippen molar-refractivity contribution in [3.63, 3.8) is 0 Å². The highest BCUT2D eigenvalue weighted by Crippen LogP contribution is 2.12. The van der Waals surface area contributed by atoms with Crippen molar-refractivity contribution in [2.75, 3.05) is 32.8 Å². The number of hydrogen-bond acceptors (Lipinski definition) is 3. The fourth-order valence-corrected chi connectivity index (χ4v) is 2.41. The third-order valence-corrected chi connectivity index (χ3v) is 3.81. The van der Waals surface area contributed by atoms with Gasteiger partial charge in [-0.2, -0.15) is 0 Å². The van der Waals surface area contributed by atoms with E-state index in [-0.39, 0.29) is 5.91 Å². The van der Waals surface area contributed by atoms with Crippen molar-refractivity contribution in [1.29, 1.82) is 0 Å². The fraction of sp³-hybridized carbons (Fsp3) is 0.467. The summed E-state index contributed by atoms with van der Waals surface area (Å²) in [4.78, 5) is 15.8. The van der Waals surface area contributed by atoms with E-state index in [4.69, 9.17) is 22.7 Å². The minimum Gasteiger partial charge on any atom is -0.493 e. The second kappa shape index (κ2) is 7.26. The van der Waals surface area contributed by atoms with Gasteiger partial charge in [-0.15, -0.1) is 0 Å². The van der Waals surface area contributed by atoms with Gasteiger partial charge < -0.3 is 20.3 Å². The number of thiocarbonyl (C=S) groups is 1. The zero-order valence-corrected chi connectivity index (χ0v) is 13.1. The highest BCUT2D eigenvalue weighted by Gasteiger charge is 2.21.